The van der Waals surface area contributed by atoms with Crippen LogP contribution in [0.2, 0.25) is 0 Å². The van der Waals surface area contributed by atoms with Crippen LogP contribution in [0.4, 0.5) is 0 Å². The molecule has 1 atom stereocenters. The summed E-state index contributed by atoms with van der Waals surface area (Å²) in [6.45, 7) is 2.66. The molecular formula is C19H24N2O2S. The number of methoxy groups -OCH3 is 1. The Morgan fingerprint density at radius 2 is 2.12 bits per heavy atom. The van der Waals surface area contributed by atoms with Gasteiger partial charge in [0, 0.05) is 24.8 Å². The summed E-state index contributed by atoms with van der Waals surface area (Å²) in [4.78, 5) is 16.7. The minimum Gasteiger partial charge on any atom is -0.497 e. The number of carbonyl (C=O) groups is 1. The molecule has 0 bridgehead atoms. The van der Waals surface area contributed by atoms with E-state index >= 15 is 0 Å². The third-order valence-electron chi connectivity index (χ3n) is 4.51. The predicted octanol–water partition coefficient (Wildman–Crippen LogP) is 3.70. The van der Waals surface area contributed by atoms with Crippen molar-refractivity contribution < 1.29 is 9.53 Å². The minimum atomic E-state index is 0.134. The molecule has 128 valence electrons. The van der Waals surface area contributed by atoms with Gasteiger partial charge >= 0.3 is 0 Å². The number of nitrogens with one attached hydrogen (secondary N) is 1. The fraction of sp³-hybridized carbons (Fsp3) is 0.474. The van der Waals surface area contributed by atoms with Crippen LogP contribution in [0, 0.1) is 12.8 Å². The summed E-state index contributed by atoms with van der Waals surface area (Å²) >= 11 is 1.65. The standard InChI is InChI=1S/C19H24N2O2S/c1-13-21-16(12-24-13)9-10-20-19(22)11-18(14-3-4-14)15-5-7-17(23-2)8-6-15/h5-8,12,14,18H,3-4,9-11H2,1-2H3,(H,20,22). The number of benzene rings is 1. The number of hydrogen-bond acceptors (Lipinski definition) is 4. The lowest BCUT2D eigenvalue weighted by molar-refractivity contribution is -0.121. The molecular weight excluding hydrogens is 320 g/mol. The first kappa shape index (κ1) is 17.0. The second-order valence-corrected chi connectivity index (χ2v) is 7.44. The van der Waals surface area contributed by atoms with Gasteiger partial charge < -0.3 is 10.1 Å². The lowest BCUT2D eigenvalue weighted by Crippen LogP contribution is -2.27. The van der Waals surface area contributed by atoms with Gasteiger partial charge in [-0.15, -0.1) is 11.3 Å². The Morgan fingerprint density at radius 1 is 1.38 bits per heavy atom. The predicted molar refractivity (Wildman–Crippen MR) is 96.6 cm³/mol. The van der Waals surface area contributed by atoms with Crippen LogP contribution in [-0.2, 0) is 11.2 Å². The molecule has 1 amide bonds. The van der Waals surface area contributed by atoms with Gasteiger partial charge in [-0.1, -0.05) is 12.1 Å². The molecule has 1 N–H and O–H groups in total. The molecule has 4 nitrogen and oxygen atoms in total. The van der Waals surface area contributed by atoms with E-state index in [9.17, 15) is 4.79 Å². The van der Waals surface area contributed by atoms with E-state index in [0.717, 1.165) is 22.9 Å². The fourth-order valence-corrected chi connectivity index (χ4v) is 3.68. The first-order chi connectivity index (χ1) is 11.7. The Morgan fingerprint density at radius 3 is 2.71 bits per heavy atom. The van der Waals surface area contributed by atoms with Crippen LogP contribution in [0.3, 0.4) is 0 Å². The topological polar surface area (TPSA) is 51.2 Å². The van der Waals surface area contributed by atoms with E-state index in [1.807, 2.05) is 19.1 Å². The van der Waals surface area contributed by atoms with Crippen LogP contribution in [0.25, 0.3) is 0 Å². The van der Waals surface area contributed by atoms with Gasteiger partial charge in [0.2, 0.25) is 5.91 Å². The second kappa shape index (κ2) is 7.79. The van der Waals surface area contributed by atoms with Gasteiger partial charge in [0.05, 0.1) is 17.8 Å². The number of aryl methyl sites for hydroxylation is 1. The van der Waals surface area contributed by atoms with E-state index in [2.05, 4.69) is 27.8 Å². The smallest absolute Gasteiger partial charge is 0.220 e. The highest BCUT2D eigenvalue weighted by Gasteiger charge is 2.33. The highest BCUT2D eigenvalue weighted by atomic mass is 32.1. The van der Waals surface area contributed by atoms with Crippen molar-refractivity contribution in [1.29, 1.82) is 0 Å². The van der Waals surface area contributed by atoms with Gasteiger partial charge in [-0.05, 0) is 49.3 Å². The van der Waals surface area contributed by atoms with Crippen molar-refractivity contribution in [3.63, 3.8) is 0 Å². The van der Waals surface area contributed by atoms with Crippen LogP contribution in [-0.4, -0.2) is 24.5 Å². The number of nitrogens with zero attached hydrogens (tertiary/aromatic N) is 1. The summed E-state index contributed by atoms with van der Waals surface area (Å²) in [5.74, 6) is 1.95. The van der Waals surface area contributed by atoms with E-state index in [1.165, 1.54) is 18.4 Å². The van der Waals surface area contributed by atoms with Crippen molar-refractivity contribution >= 4 is 17.2 Å². The molecule has 0 saturated heterocycles. The molecule has 0 aliphatic heterocycles. The number of aromatic nitrogens is 1. The van der Waals surface area contributed by atoms with Crippen molar-refractivity contribution in [2.24, 2.45) is 5.92 Å². The summed E-state index contributed by atoms with van der Waals surface area (Å²) in [7, 11) is 1.67. The Kier molecular flexibility index (Phi) is 5.51. The quantitative estimate of drug-likeness (QED) is 0.794. The Hall–Kier alpha value is -1.88. The molecule has 0 spiro atoms. The van der Waals surface area contributed by atoms with E-state index in [-0.39, 0.29) is 5.91 Å². The lowest BCUT2D eigenvalue weighted by Gasteiger charge is -2.17. The SMILES string of the molecule is COc1ccc(C(CC(=O)NCCc2csc(C)n2)C2CC2)cc1. The van der Waals surface area contributed by atoms with E-state index in [1.54, 1.807) is 18.4 Å². The zero-order valence-electron chi connectivity index (χ0n) is 14.2. The third-order valence-corrected chi connectivity index (χ3v) is 5.33. The molecule has 1 aromatic carbocycles. The number of carbonyl (C=O) groups excluding carboxylic acids is 1. The molecule has 1 aliphatic carbocycles. The molecule has 1 saturated carbocycles. The normalized spacial score (nSPS) is 15.1. The highest BCUT2D eigenvalue weighted by Crippen LogP contribution is 2.44. The fourth-order valence-electron chi connectivity index (χ4n) is 3.03. The van der Waals surface area contributed by atoms with Gasteiger partial charge in [-0.3, -0.25) is 4.79 Å². The maximum atomic E-state index is 12.3. The van der Waals surface area contributed by atoms with Crippen molar-refractivity contribution in [2.45, 2.75) is 38.5 Å². The number of amides is 1. The van der Waals surface area contributed by atoms with E-state index in [0.29, 0.717) is 24.8 Å². The average molecular weight is 344 g/mol. The summed E-state index contributed by atoms with van der Waals surface area (Å²) in [5, 5.41) is 6.18. The van der Waals surface area contributed by atoms with Crippen molar-refractivity contribution in [2.75, 3.05) is 13.7 Å². The molecule has 2 aromatic rings. The molecule has 5 heteroatoms. The molecule has 1 heterocycles. The summed E-state index contributed by atoms with van der Waals surface area (Å²) in [5.41, 5.74) is 2.30. The first-order valence-corrected chi connectivity index (χ1v) is 9.35. The van der Waals surface area contributed by atoms with Crippen LogP contribution >= 0.6 is 11.3 Å². The van der Waals surface area contributed by atoms with Crippen molar-refractivity contribution in [3.05, 3.63) is 45.9 Å². The van der Waals surface area contributed by atoms with Crippen LogP contribution in [0.5, 0.6) is 5.75 Å². The van der Waals surface area contributed by atoms with Crippen molar-refractivity contribution in [1.82, 2.24) is 10.3 Å². The number of ether oxygens (including phenoxy) is 1. The lowest BCUT2D eigenvalue weighted by atomic mass is 9.90. The summed E-state index contributed by atoms with van der Waals surface area (Å²) in [6, 6.07) is 8.14. The Labute approximate surface area is 147 Å². The molecule has 24 heavy (non-hydrogen) atoms. The molecule has 3 rings (SSSR count). The van der Waals surface area contributed by atoms with Gasteiger partial charge in [0.1, 0.15) is 5.75 Å². The van der Waals surface area contributed by atoms with Crippen LogP contribution < -0.4 is 10.1 Å². The summed E-state index contributed by atoms with van der Waals surface area (Å²) < 4.78 is 5.22. The number of hydrogen-bond donors (Lipinski definition) is 1. The largest absolute Gasteiger partial charge is 0.497 e. The average Bonchev–Trinajstić information content (AvgIpc) is 3.35. The Bertz CT molecular complexity index is 677. The zero-order valence-corrected chi connectivity index (χ0v) is 15.1. The molecule has 1 aromatic heterocycles. The zero-order chi connectivity index (χ0) is 16.9. The molecule has 0 radical (unpaired) electrons. The molecule has 1 aliphatic rings. The van der Waals surface area contributed by atoms with Crippen molar-refractivity contribution in [3.8, 4) is 5.75 Å². The van der Waals surface area contributed by atoms with E-state index < -0.39 is 0 Å². The van der Waals surface area contributed by atoms with Gasteiger partial charge in [-0.2, -0.15) is 0 Å². The molecule has 1 fully saturated rings. The number of thiazole rings is 1. The van der Waals surface area contributed by atoms with Gasteiger partial charge in [0.15, 0.2) is 0 Å². The number of rotatable bonds is 8. The second-order valence-electron chi connectivity index (χ2n) is 6.38. The van der Waals surface area contributed by atoms with E-state index in [4.69, 9.17) is 4.74 Å². The highest BCUT2D eigenvalue weighted by molar-refractivity contribution is 7.09. The third kappa shape index (κ3) is 4.57. The minimum absolute atomic E-state index is 0.134. The van der Waals surface area contributed by atoms with Gasteiger partial charge in [0.25, 0.3) is 0 Å². The van der Waals surface area contributed by atoms with Crippen LogP contribution in [0.1, 0.15) is 41.4 Å². The maximum absolute atomic E-state index is 12.3. The summed E-state index contributed by atoms with van der Waals surface area (Å²) in [6.07, 6.45) is 3.81. The molecule has 1 unspecified atom stereocenters. The Balaban J connectivity index is 1.52. The first-order valence-electron chi connectivity index (χ1n) is 8.47. The van der Waals surface area contributed by atoms with Gasteiger partial charge in [-0.25, -0.2) is 4.98 Å². The van der Waals surface area contributed by atoms with Crippen LogP contribution in [0.15, 0.2) is 29.6 Å². The maximum Gasteiger partial charge on any atom is 0.220 e. The monoisotopic (exact) mass is 344 g/mol.